The lowest BCUT2D eigenvalue weighted by Gasteiger charge is -2.14. The molecule has 17 heavy (non-hydrogen) atoms. The summed E-state index contributed by atoms with van der Waals surface area (Å²) in [6.45, 7) is 0. The van der Waals surface area contributed by atoms with Crippen LogP contribution >= 0.6 is 24.0 Å². The van der Waals surface area contributed by atoms with Crippen molar-refractivity contribution in [2.45, 2.75) is 18.6 Å². The summed E-state index contributed by atoms with van der Waals surface area (Å²) in [5.74, 6) is 0. The second-order valence-electron chi connectivity index (χ2n) is 3.10. The number of nitrogens with two attached hydrogens (primary N) is 1. The summed E-state index contributed by atoms with van der Waals surface area (Å²) < 4.78 is 61.2. The van der Waals surface area contributed by atoms with Crippen molar-refractivity contribution in [3.63, 3.8) is 0 Å². The molecule has 0 spiro atoms. The monoisotopic (exact) mass is 295 g/mol. The smallest absolute Gasteiger partial charge is 0.319 e. The van der Waals surface area contributed by atoms with Crippen molar-refractivity contribution in [1.29, 1.82) is 0 Å². The first kappa shape index (κ1) is 16.4. The summed E-state index contributed by atoms with van der Waals surface area (Å²) in [4.78, 5) is 0. The highest BCUT2D eigenvalue weighted by Gasteiger charge is 2.33. The van der Waals surface area contributed by atoms with Gasteiger partial charge in [0.1, 0.15) is 0 Å². The second kappa shape index (κ2) is 5.84. The van der Waals surface area contributed by atoms with Crippen LogP contribution in [0.4, 0.5) is 22.0 Å². The molecule has 0 aliphatic carbocycles. The standard InChI is InChI=1S/C9H7ClF5N.ClH/c10-6-3-4(7(16)8(11)12)1-2-5(6)9(13,14)15;/h1-3,7-8H,16H2;1H/t7-;/m0./s1. The Balaban J connectivity index is 0.00000256. The zero-order valence-corrected chi connectivity index (χ0v) is 9.71. The minimum Gasteiger partial charge on any atom is -0.319 e. The lowest BCUT2D eigenvalue weighted by Crippen LogP contribution is -2.19. The van der Waals surface area contributed by atoms with Crippen LogP contribution in [0.1, 0.15) is 17.2 Å². The molecule has 1 aromatic rings. The van der Waals surface area contributed by atoms with Crippen LogP contribution in [-0.4, -0.2) is 6.43 Å². The van der Waals surface area contributed by atoms with Crippen LogP contribution in [0.5, 0.6) is 0 Å². The van der Waals surface area contributed by atoms with Crippen LogP contribution < -0.4 is 5.73 Å². The zero-order valence-electron chi connectivity index (χ0n) is 8.14. The van der Waals surface area contributed by atoms with Gasteiger partial charge in [-0.3, -0.25) is 0 Å². The van der Waals surface area contributed by atoms with E-state index in [-0.39, 0.29) is 18.0 Å². The van der Waals surface area contributed by atoms with E-state index in [4.69, 9.17) is 17.3 Å². The first-order valence-corrected chi connectivity index (χ1v) is 4.51. The number of hydrogen-bond acceptors (Lipinski definition) is 1. The number of hydrogen-bond donors (Lipinski definition) is 1. The lowest BCUT2D eigenvalue weighted by atomic mass is 10.1. The van der Waals surface area contributed by atoms with Crippen molar-refractivity contribution in [2.75, 3.05) is 0 Å². The average molecular weight is 296 g/mol. The minimum atomic E-state index is -4.61. The molecule has 0 unspecified atom stereocenters. The third-order valence-corrected chi connectivity index (χ3v) is 2.27. The number of benzene rings is 1. The van der Waals surface area contributed by atoms with E-state index in [1.165, 1.54) is 0 Å². The Labute approximate surface area is 105 Å². The fraction of sp³-hybridized carbons (Fsp3) is 0.333. The molecule has 0 heterocycles. The largest absolute Gasteiger partial charge is 0.417 e. The summed E-state index contributed by atoms with van der Waals surface area (Å²) in [7, 11) is 0. The van der Waals surface area contributed by atoms with Gasteiger partial charge in [0, 0.05) is 0 Å². The van der Waals surface area contributed by atoms with E-state index in [0.717, 1.165) is 12.1 Å². The van der Waals surface area contributed by atoms with Crippen molar-refractivity contribution in [2.24, 2.45) is 5.73 Å². The maximum absolute atomic E-state index is 12.3. The molecule has 0 radical (unpaired) electrons. The SMILES string of the molecule is Cl.N[C@@H](c1ccc(C(F)(F)F)c(Cl)c1)C(F)F. The maximum Gasteiger partial charge on any atom is 0.417 e. The third-order valence-electron chi connectivity index (χ3n) is 1.95. The van der Waals surface area contributed by atoms with E-state index in [9.17, 15) is 22.0 Å². The van der Waals surface area contributed by atoms with Crippen LogP contribution in [0, 0.1) is 0 Å². The molecule has 0 aliphatic rings. The molecular weight excluding hydrogens is 288 g/mol. The van der Waals surface area contributed by atoms with Crippen molar-refractivity contribution in [3.05, 3.63) is 34.3 Å². The Kier molecular flexibility index (Phi) is 5.64. The van der Waals surface area contributed by atoms with Gasteiger partial charge in [-0.1, -0.05) is 17.7 Å². The number of halogens is 7. The minimum absolute atomic E-state index is 0. The number of rotatable bonds is 2. The molecule has 1 nitrogen and oxygen atoms in total. The van der Waals surface area contributed by atoms with Crippen molar-refractivity contribution < 1.29 is 22.0 Å². The van der Waals surface area contributed by atoms with E-state index < -0.39 is 29.2 Å². The highest BCUT2D eigenvalue weighted by atomic mass is 35.5. The molecule has 8 heteroatoms. The summed E-state index contributed by atoms with van der Waals surface area (Å²) >= 11 is 5.34. The predicted molar refractivity (Wildman–Crippen MR) is 56.6 cm³/mol. The molecule has 1 atom stereocenters. The third kappa shape index (κ3) is 3.97. The second-order valence-corrected chi connectivity index (χ2v) is 3.50. The van der Waals surface area contributed by atoms with Gasteiger partial charge in [0.25, 0.3) is 6.43 Å². The fourth-order valence-electron chi connectivity index (χ4n) is 1.11. The molecule has 0 amide bonds. The normalized spacial score (nSPS) is 13.4. The molecule has 1 rings (SSSR count). The van der Waals surface area contributed by atoms with Crippen LogP contribution in [0.3, 0.4) is 0 Å². The highest BCUT2D eigenvalue weighted by Crippen LogP contribution is 2.36. The Hall–Kier alpha value is -0.590. The van der Waals surface area contributed by atoms with E-state index in [2.05, 4.69) is 0 Å². The van der Waals surface area contributed by atoms with Crippen molar-refractivity contribution in [1.82, 2.24) is 0 Å². The molecule has 2 N–H and O–H groups in total. The molecule has 0 saturated carbocycles. The van der Waals surface area contributed by atoms with Gasteiger partial charge in [-0.15, -0.1) is 12.4 Å². The van der Waals surface area contributed by atoms with Gasteiger partial charge in [0.05, 0.1) is 16.6 Å². The van der Waals surface area contributed by atoms with Crippen LogP contribution in [0.15, 0.2) is 18.2 Å². The molecular formula is C9H8Cl2F5N. The van der Waals surface area contributed by atoms with Gasteiger partial charge in [-0.2, -0.15) is 13.2 Å². The van der Waals surface area contributed by atoms with Gasteiger partial charge in [-0.25, -0.2) is 8.78 Å². The molecule has 0 fully saturated rings. The van der Waals surface area contributed by atoms with E-state index >= 15 is 0 Å². The van der Waals surface area contributed by atoms with Crippen molar-refractivity contribution >= 4 is 24.0 Å². The summed E-state index contributed by atoms with van der Waals surface area (Å²) in [6.07, 6.45) is -7.46. The topological polar surface area (TPSA) is 26.0 Å². The molecule has 98 valence electrons. The lowest BCUT2D eigenvalue weighted by molar-refractivity contribution is -0.137. The molecule has 0 bridgehead atoms. The molecule has 1 aromatic carbocycles. The first-order chi connectivity index (χ1) is 7.23. The zero-order chi connectivity index (χ0) is 12.5. The van der Waals surface area contributed by atoms with Crippen LogP contribution in [-0.2, 0) is 6.18 Å². The quantitative estimate of drug-likeness (QED) is 0.819. The predicted octanol–water partition coefficient (Wildman–Crippen LogP) is 4.05. The van der Waals surface area contributed by atoms with Crippen LogP contribution in [0.25, 0.3) is 0 Å². The van der Waals surface area contributed by atoms with Gasteiger partial charge in [-0.05, 0) is 17.7 Å². The average Bonchev–Trinajstić information content (AvgIpc) is 2.14. The molecule has 0 aromatic heterocycles. The fourth-order valence-corrected chi connectivity index (χ4v) is 1.41. The summed E-state index contributed by atoms with van der Waals surface area (Å²) in [5, 5.41) is -0.638. The Morgan fingerprint density at radius 2 is 1.71 bits per heavy atom. The Morgan fingerprint density at radius 3 is 2.06 bits per heavy atom. The number of alkyl halides is 5. The van der Waals surface area contributed by atoms with Gasteiger partial charge in [0.15, 0.2) is 0 Å². The first-order valence-electron chi connectivity index (χ1n) is 4.14. The van der Waals surface area contributed by atoms with Crippen LogP contribution in [0.2, 0.25) is 5.02 Å². The van der Waals surface area contributed by atoms with Gasteiger partial charge >= 0.3 is 6.18 Å². The van der Waals surface area contributed by atoms with E-state index in [1.54, 1.807) is 0 Å². The van der Waals surface area contributed by atoms with Crippen molar-refractivity contribution in [3.8, 4) is 0 Å². The maximum atomic E-state index is 12.3. The highest BCUT2D eigenvalue weighted by molar-refractivity contribution is 6.31. The van der Waals surface area contributed by atoms with E-state index in [1.807, 2.05) is 0 Å². The molecule has 0 saturated heterocycles. The Bertz CT molecular complexity index is 380. The molecule has 0 aliphatic heterocycles. The van der Waals surface area contributed by atoms with E-state index in [0.29, 0.717) is 6.07 Å². The van der Waals surface area contributed by atoms with Gasteiger partial charge < -0.3 is 5.73 Å². The van der Waals surface area contributed by atoms with Gasteiger partial charge in [0.2, 0.25) is 0 Å². The Morgan fingerprint density at radius 1 is 1.18 bits per heavy atom. The summed E-state index contributed by atoms with van der Waals surface area (Å²) in [5.41, 5.74) is 3.87. The summed E-state index contributed by atoms with van der Waals surface area (Å²) in [6, 6.07) is 0.701.